The highest BCUT2D eigenvalue weighted by atomic mass is 32.2. The third-order valence-electron chi connectivity index (χ3n) is 7.41. The van der Waals surface area contributed by atoms with Gasteiger partial charge in [-0.15, -0.1) is 0 Å². The van der Waals surface area contributed by atoms with Crippen molar-refractivity contribution in [2.24, 2.45) is 0 Å². The van der Waals surface area contributed by atoms with Gasteiger partial charge in [0, 0.05) is 19.5 Å². The number of nitrogens with one attached hydrogen (secondary N) is 2. The van der Waals surface area contributed by atoms with Crippen molar-refractivity contribution >= 4 is 23.6 Å². The molecule has 1 aliphatic heterocycles. The largest absolute Gasteiger partial charge is 0.338 e. The molecule has 3 rings (SSSR count). The van der Waals surface area contributed by atoms with Crippen LogP contribution in [0.15, 0.2) is 9.95 Å². The number of H-pyrrole nitrogens is 1. The van der Waals surface area contributed by atoms with E-state index < -0.39 is 0 Å². The standard InChI is InChI=1S/C28H48N6O2S/c1-3-4-5-6-7-8-9-10-11-12-13-14-15-16-17-18-20-29-28(36)33-21-19-24-23(22-33)25(35)34-26(30-24)31-27(32-34)37-2/h3-22H2,1-2H3,(H,29,36)(H,30,31,32). The lowest BCUT2D eigenvalue weighted by atomic mass is 10.0. The highest BCUT2D eigenvalue weighted by Gasteiger charge is 2.25. The smallest absolute Gasteiger partial charge is 0.317 e. The summed E-state index contributed by atoms with van der Waals surface area (Å²) in [5, 5.41) is 6.66. The summed E-state index contributed by atoms with van der Waals surface area (Å²) in [6.07, 6.45) is 23.9. The second kappa shape index (κ2) is 16.7. The zero-order valence-corrected chi connectivity index (χ0v) is 24.0. The number of carbonyl (C=O) groups is 1. The maximum atomic E-state index is 12.9. The van der Waals surface area contributed by atoms with Crippen LogP contribution in [-0.4, -0.2) is 49.9 Å². The number of urea groups is 1. The molecule has 0 saturated heterocycles. The van der Waals surface area contributed by atoms with Gasteiger partial charge < -0.3 is 10.2 Å². The van der Waals surface area contributed by atoms with Gasteiger partial charge in [0.1, 0.15) is 0 Å². The molecule has 0 fully saturated rings. The first-order valence-corrected chi connectivity index (χ1v) is 15.9. The summed E-state index contributed by atoms with van der Waals surface area (Å²) in [4.78, 5) is 36.1. The van der Waals surface area contributed by atoms with Gasteiger partial charge in [0.2, 0.25) is 0 Å². The minimum Gasteiger partial charge on any atom is -0.338 e. The number of hydrogen-bond donors (Lipinski definition) is 2. The highest BCUT2D eigenvalue weighted by Crippen LogP contribution is 2.17. The first-order chi connectivity index (χ1) is 18.1. The Balaban J connectivity index is 1.19. The minimum atomic E-state index is -0.164. The summed E-state index contributed by atoms with van der Waals surface area (Å²) in [5.41, 5.74) is 1.17. The molecule has 37 heavy (non-hydrogen) atoms. The van der Waals surface area contributed by atoms with E-state index in [1.54, 1.807) is 4.90 Å². The molecule has 0 unspecified atom stereocenters. The van der Waals surface area contributed by atoms with Crippen molar-refractivity contribution in [1.82, 2.24) is 29.8 Å². The maximum absolute atomic E-state index is 12.9. The molecule has 2 amide bonds. The molecular weight excluding hydrogens is 484 g/mol. The van der Waals surface area contributed by atoms with Crippen molar-refractivity contribution < 1.29 is 4.79 Å². The van der Waals surface area contributed by atoms with E-state index in [1.807, 2.05) is 6.26 Å². The van der Waals surface area contributed by atoms with Crippen LogP contribution in [0.2, 0.25) is 0 Å². The molecule has 0 spiro atoms. The summed E-state index contributed by atoms with van der Waals surface area (Å²) in [6.45, 7) is 3.83. The molecule has 2 N–H and O–H groups in total. The molecule has 208 valence electrons. The summed E-state index contributed by atoms with van der Waals surface area (Å²) in [7, 11) is 0. The average molecular weight is 533 g/mol. The fourth-order valence-electron chi connectivity index (χ4n) is 5.10. The zero-order valence-electron chi connectivity index (χ0n) is 23.2. The van der Waals surface area contributed by atoms with E-state index in [9.17, 15) is 9.59 Å². The number of aromatic amines is 1. The van der Waals surface area contributed by atoms with E-state index in [0.29, 0.717) is 42.6 Å². The third kappa shape index (κ3) is 9.65. The molecule has 0 aromatic carbocycles. The number of thioether (sulfide) groups is 1. The summed E-state index contributed by atoms with van der Waals surface area (Å²) in [6, 6.07) is -0.0921. The fourth-order valence-corrected chi connectivity index (χ4v) is 5.45. The minimum absolute atomic E-state index is 0.0921. The monoisotopic (exact) mass is 532 g/mol. The second-order valence-electron chi connectivity index (χ2n) is 10.4. The lowest BCUT2D eigenvalue weighted by Crippen LogP contribution is -2.45. The van der Waals surface area contributed by atoms with E-state index in [4.69, 9.17) is 0 Å². The Morgan fingerprint density at radius 2 is 1.46 bits per heavy atom. The first kappa shape index (κ1) is 29.5. The van der Waals surface area contributed by atoms with Gasteiger partial charge in [0.15, 0.2) is 5.16 Å². The molecule has 2 aromatic rings. The Morgan fingerprint density at radius 3 is 2.03 bits per heavy atom. The van der Waals surface area contributed by atoms with Crippen molar-refractivity contribution in [3.05, 3.63) is 21.6 Å². The van der Waals surface area contributed by atoms with Crippen molar-refractivity contribution in [2.75, 3.05) is 19.3 Å². The number of fused-ring (bicyclic) bond motifs is 2. The maximum Gasteiger partial charge on any atom is 0.317 e. The highest BCUT2D eigenvalue weighted by molar-refractivity contribution is 7.98. The third-order valence-corrected chi connectivity index (χ3v) is 7.98. The fraction of sp³-hybridized carbons (Fsp3) is 0.786. The van der Waals surface area contributed by atoms with E-state index in [2.05, 4.69) is 27.3 Å². The summed E-state index contributed by atoms with van der Waals surface area (Å²) in [5.74, 6) is 0.398. The number of aromatic nitrogens is 4. The summed E-state index contributed by atoms with van der Waals surface area (Å²) < 4.78 is 1.38. The van der Waals surface area contributed by atoms with Crippen LogP contribution in [0.4, 0.5) is 4.79 Å². The van der Waals surface area contributed by atoms with Gasteiger partial charge in [-0.05, 0) is 12.7 Å². The van der Waals surface area contributed by atoms with Gasteiger partial charge in [-0.2, -0.15) is 9.50 Å². The van der Waals surface area contributed by atoms with Gasteiger partial charge in [-0.3, -0.25) is 9.89 Å². The van der Waals surface area contributed by atoms with Gasteiger partial charge >= 0.3 is 6.03 Å². The van der Waals surface area contributed by atoms with Crippen LogP contribution in [0, 0.1) is 0 Å². The predicted molar refractivity (Wildman–Crippen MR) is 152 cm³/mol. The van der Waals surface area contributed by atoms with E-state index in [-0.39, 0.29) is 11.6 Å². The Bertz CT molecular complexity index is 1000. The molecule has 1 aliphatic rings. The molecule has 0 bridgehead atoms. The second-order valence-corrected chi connectivity index (χ2v) is 11.2. The molecule has 3 heterocycles. The Hall–Kier alpha value is -2.03. The van der Waals surface area contributed by atoms with Crippen LogP contribution in [0.3, 0.4) is 0 Å². The Labute approximate surface area is 226 Å². The number of hydrogen-bond acceptors (Lipinski definition) is 5. The van der Waals surface area contributed by atoms with Gasteiger partial charge in [0.25, 0.3) is 11.3 Å². The molecule has 0 radical (unpaired) electrons. The molecule has 2 aromatic heterocycles. The summed E-state index contributed by atoms with van der Waals surface area (Å²) >= 11 is 1.43. The van der Waals surface area contributed by atoms with E-state index in [0.717, 1.165) is 18.5 Å². The topological polar surface area (TPSA) is 95.4 Å². The molecule has 0 atom stereocenters. The molecule has 0 aliphatic carbocycles. The zero-order chi connectivity index (χ0) is 26.3. The lowest BCUT2D eigenvalue weighted by molar-refractivity contribution is 0.191. The number of unbranched alkanes of at least 4 members (excludes halogenated alkanes) is 15. The van der Waals surface area contributed by atoms with Crippen LogP contribution in [0.5, 0.6) is 0 Å². The number of amides is 2. The van der Waals surface area contributed by atoms with Crippen LogP contribution in [0.1, 0.15) is 121 Å². The van der Waals surface area contributed by atoms with E-state index in [1.165, 1.54) is 106 Å². The lowest BCUT2D eigenvalue weighted by Gasteiger charge is -2.27. The predicted octanol–water partition coefficient (Wildman–Crippen LogP) is 6.47. The van der Waals surface area contributed by atoms with Crippen molar-refractivity contribution in [2.45, 2.75) is 128 Å². The number of carbonyl (C=O) groups excluding carboxylic acids is 1. The normalized spacial score (nSPS) is 13.3. The first-order valence-electron chi connectivity index (χ1n) is 14.7. The average Bonchev–Trinajstić information content (AvgIpc) is 3.34. The molecule has 8 nitrogen and oxygen atoms in total. The van der Waals surface area contributed by atoms with Crippen LogP contribution in [-0.2, 0) is 13.0 Å². The Morgan fingerprint density at radius 1 is 0.892 bits per heavy atom. The Kier molecular flexibility index (Phi) is 13.4. The van der Waals surface area contributed by atoms with E-state index >= 15 is 0 Å². The van der Waals surface area contributed by atoms with Crippen LogP contribution >= 0.6 is 11.8 Å². The van der Waals surface area contributed by atoms with Crippen LogP contribution in [0.25, 0.3) is 5.78 Å². The quantitative estimate of drug-likeness (QED) is 0.169. The van der Waals surface area contributed by atoms with Gasteiger partial charge in [0.05, 0.1) is 17.8 Å². The van der Waals surface area contributed by atoms with Crippen molar-refractivity contribution in [3.8, 4) is 0 Å². The number of nitrogens with zero attached hydrogens (tertiary/aromatic N) is 4. The van der Waals surface area contributed by atoms with Crippen molar-refractivity contribution in [3.63, 3.8) is 0 Å². The molecular formula is C28H48N6O2S. The SMILES string of the molecule is CCCCCCCCCCCCCCCCCCNC(=O)N1CCc2nc3nc(SC)[nH]n3c(=O)c2C1. The number of rotatable bonds is 18. The molecule has 0 saturated carbocycles. The molecule has 9 heteroatoms. The van der Waals surface area contributed by atoms with Crippen molar-refractivity contribution in [1.29, 1.82) is 0 Å². The van der Waals surface area contributed by atoms with Gasteiger partial charge in [-0.1, -0.05) is 115 Å². The van der Waals surface area contributed by atoms with Gasteiger partial charge in [-0.25, -0.2) is 9.78 Å². The van der Waals surface area contributed by atoms with Crippen LogP contribution < -0.4 is 10.9 Å².